The molecular formula is C13H25NO5. The van der Waals surface area contributed by atoms with Crippen LogP contribution in [0.4, 0.5) is 4.79 Å². The minimum atomic E-state index is -0.564. The Balaban J connectivity index is 3.70. The molecule has 6 nitrogen and oxygen atoms in total. The molecule has 0 aromatic rings. The van der Waals surface area contributed by atoms with Gasteiger partial charge >= 0.3 is 6.09 Å². The standard InChI is InChI=1S/C13H25NO5/c1-5-8-17-12(16)14-11(10-15)7-6-9-18-19-13(2,3)4/h5,11,15H,1,6-10H2,2-4H3,(H,14,16). The maximum absolute atomic E-state index is 11.2. The SMILES string of the molecule is C=CCOC(=O)NC(CO)CCCOOC(C)(C)C. The van der Waals surface area contributed by atoms with E-state index in [9.17, 15) is 4.79 Å². The van der Waals surface area contributed by atoms with Gasteiger partial charge in [-0.3, -0.25) is 0 Å². The van der Waals surface area contributed by atoms with Crippen LogP contribution in [0.2, 0.25) is 0 Å². The van der Waals surface area contributed by atoms with Crippen molar-refractivity contribution in [1.29, 1.82) is 0 Å². The van der Waals surface area contributed by atoms with Crippen LogP contribution in [0.15, 0.2) is 12.7 Å². The first-order valence-corrected chi connectivity index (χ1v) is 6.34. The van der Waals surface area contributed by atoms with Gasteiger partial charge in [0.1, 0.15) is 6.61 Å². The third-order valence-electron chi connectivity index (χ3n) is 1.96. The van der Waals surface area contributed by atoms with Gasteiger partial charge in [0.2, 0.25) is 0 Å². The number of alkyl carbamates (subject to hydrolysis) is 1. The quantitative estimate of drug-likeness (QED) is 0.290. The lowest BCUT2D eigenvalue weighted by molar-refractivity contribution is -0.348. The van der Waals surface area contributed by atoms with E-state index in [4.69, 9.17) is 19.6 Å². The molecule has 2 N–H and O–H groups in total. The molecule has 0 saturated carbocycles. The minimum absolute atomic E-state index is 0.145. The second kappa shape index (κ2) is 9.77. The van der Waals surface area contributed by atoms with Crippen molar-refractivity contribution in [3.05, 3.63) is 12.7 Å². The maximum atomic E-state index is 11.2. The van der Waals surface area contributed by atoms with Crippen molar-refractivity contribution in [2.45, 2.75) is 45.3 Å². The summed E-state index contributed by atoms with van der Waals surface area (Å²) in [5, 5.41) is 11.7. The van der Waals surface area contributed by atoms with E-state index in [1.54, 1.807) is 0 Å². The summed E-state index contributed by atoms with van der Waals surface area (Å²) < 4.78 is 4.76. The van der Waals surface area contributed by atoms with Gasteiger partial charge in [-0.15, -0.1) is 0 Å². The maximum Gasteiger partial charge on any atom is 0.407 e. The molecule has 1 atom stereocenters. The molecule has 0 aliphatic rings. The summed E-state index contributed by atoms with van der Waals surface area (Å²) in [6, 6.07) is -0.351. The Morgan fingerprint density at radius 3 is 2.68 bits per heavy atom. The van der Waals surface area contributed by atoms with E-state index in [2.05, 4.69) is 11.9 Å². The molecule has 0 fully saturated rings. The van der Waals surface area contributed by atoms with Crippen molar-refractivity contribution < 1.29 is 24.4 Å². The molecule has 112 valence electrons. The Morgan fingerprint density at radius 1 is 1.47 bits per heavy atom. The van der Waals surface area contributed by atoms with Gasteiger partial charge in [0.05, 0.1) is 24.9 Å². The molecule has 6 heteroatoms. The van der Waals surface area contributed by atoms with Gasteiger partial charge in [-0.1, -0.05) is 12.7 Å². The number of nitrogens with one attached hydrogen (secondary N) is 1. The van der Waals surface area contributed by atoms with Gasteiger partial charge in [-0.25, -0.2) is 14.6 Å². The van der Waals surface area contributed by atoms with Crippen LogP contribution in [0.1, 0.15) is 33.6 Å². The lowest BCUT2D eigenvalue weighted by atomic mass is 10.2. The third-order valence-corrected chi connectivity index (χ3v) is 1.96. The van der Waals surface area contributed by atoms with Crippen LogP contribution in [-0.2, 0) is 14.5 Å². The van der Waals surface area contributed by atoms with Crippen molar-refractivity contribution in [3.8, 4) is 0 Å². The van der Waals surface area contributed by atoms with Crippen LogP contribution >= 0.6 is 0 Å². The van der Waals surface area contributed by atoms with Crippen molar-refractivity contribution in [3.63, 3.8) is 0 Å². The van der Waals surface area contributed by atoms with Gasteiger partial charge in [-0.05, 0) is 33.6 Å². The molecule has 0 spiro atoms. The van der Waals surface area contributed by atoms with Gasteiger partial charge in [-0.2, -0.15) is 0 Å². The summed E-state index contributed by atoms with van der Waals surface area (Å²) in [5.41, 5.74) is -0.344. The molecule has 1 amide bonds. The molecule has 0 rings (SSSR count). The molecule has 0 heterocycles. The van der Waals surface area contributed by atoms with E-state index < -0.39 is 6.09 Å². The fourth-order valence-corrected chi connectivity index (χ4v) is 1.16. The van der Waals surface area contributed by atoms with E-state index in [-0.39, 0.29) is 24.9 Å². The molecule has 0 bridgehead atoms. The van der Waals surface area contributed by atoms with Gasteiger partial charge in [0.15, 0.2) is 0 Å². The Labute approximate surface area is 114 Å². The van der Waals surface area contributed by atoms with E-state index >= 15 is 0 Å². The smallest absolute Gasteiger partial charge is 0.407 e. The second-order valence-corrected chi connectivity index (χ2v) is 5.07. The van der Waals surface area contributed by atoms with E-state index in [1.165, 1.54) is 6.08 Å². The lowest BCUT2D eigenvalue weighted by Gasteiger charge is -2.18. The van der Waals surface area contributed by atoms with E-state index in [0.717, 1.165) is 0 Å². The van der Waals surface area contributed by atoms with E-state index in [0.29, 0.717) is 19.4 Å². The predicted molar refractivity (Wildman–Crippen MR) is 71.6 cm³/mol. The molecule has 0 aliphatic carbocycles. The fraction of sp³-hybridized carbons (Fsp3) is 0.769. The van der Waals surface area contributed by atoms with Crippen molar-refractivity contribution >= 4 is 6.09 Å². The Kier molecular flexibility index (Phi) is 9.20. The lowest BCUT2D eigenvalue weighted by Crippen LogP contribution is -2.38. The number of aliphatic hydroxyl groups excluding tert-OH is 1. The van der Waals surface area contributed by atoms with Gasteiger partial charge in [0.25, 0.3) is 0 Å². The molecule has 0 radical (unpaired) electrons. The number of hydrogen-bond acceptors (Lipinski definition) is 5. The number of rotatable bonds is 9. The predicted octanol–water partition coefficient (Wildman–Crippen LogP) is 1.79. The Bertz CT molecular complexity index is 262. The van der Waals surface area contributed by atoms with Gasteiger partial charge < -0.3 is 15.2 Å². The summed E-state index contributed by atoms with van der Waals surface area (Å²) in [5.74, 6) is 0. The number of carbonyl (C=O) groups is 1. The normalized spacial score (nSPS) is 12.8. The van der Waals surface area contributed by atoms with Crippen LogP contribution in [-0.4, -0.2) is 42.7 Å². The Morgan fingerprint density at radius 2 is 2.16 bits per heavy atom. The third kappa shape index (κ3) is 11.7. The number of amides is 1. The zero-order chi connectivity index (χ0) is 14.7. The number of ether oxygens (including phenoxy) is 1. The zero-order valence-corrected chi connectivity index (χ0v) is 12.0. The molecule has 1 unspecified atom stereocenters. The average molecular weight is 275 g/mol. The number of carbonyl (C=O) groups excluding carboxylic acids is 1. The molecule has 0 aromatic heterocycles. The second-order valence-electron chi connectivity index (χ2n) is 5.07. The highest BCUT2D eigenvalue weighted by atomic mass is 17.2. The largest absolute Gasteiger partial charge is 0.445 e. The fourth-order valence-electron chi connectivity index (χ4n) is 1.16. The molecule has 0 aliphatic heterocycles. The molecule has 19 heavy (non-hydrogen) atoms. The van der Waals surface area contributed by atoms with Crippen LogP contribution in [0.3, 0.4) is 0 Å². The zero-order valence-electron chi connectivity index (χ0n) is 12.0. The van der Waals surface area contributed by atoms with Crippen molar-refractivity contribution in [1.82, 2.24) is 5.32 Å². The van der Waals surface area contributed by atoms with Crippen LogP contribution in [0, 0.1) is 0 Å². The molecular weight excluding hydrogens is 250 g/mol. The monoisotopic (exact) mass is 275 g/mol. The van der Waals surface area contributed by atoms with Crippen molar-refractivity contribution in [2.24, 2.45) is 0 Å². The summed E-state index contributed by atoms with van der Waals surface area (Å²) in [6.45, 7) is 9.50. The summed E-state index contributed by atoms with van der Waals surface area (Å²) >= 11 is 0. The molecule has 0 saturated heterocycles. The van der Waals surface area contributed by atoms with Gasteiger partial charge in [0, 0.05) is 0 Å². The highest BCUT2D eigenvalue weighted by Crippen LogP contribution is 2.08. The first-order valence-electron chi connectivity index (χ1n) is 6.34. The van der Waals surface area contributed by atoms with Crippen LogP contribution < -0.4 is 5.32 Å². The van der Waals surface area contributed by atoms with Crippen LogP contribution in [0.25, 0.3) is 0 Å². The summed E-state index contributed by atoms with van der Waals surface area (Å²) in [6.07, 6.45) is 2.15. The Hall–Kier alpha value is -1.11. The minimum Gasteiger partial charge on any atom is -0.445 e. The first-order chi connectivity index (χ1) is 8.89. The summed E-state index contributed by atoms with van der Waals surface area (Å²) in [7, 11) is 0. The molecule has 0 aromatic carbocycles. The highest BCUT2D eigenvalue weighted by molar-refractivity contribution is 5.67. The average Bonchev–Trinajstić information content (AvgIpc) is 2.33. The first kappa shape index (κ1) is 17.9. The summed E-state index contributed by atoms with van der Waals surface area (Å²) in [4.78, 5) is 21.4. The van der Waals surface area contributed by atoms with E-state index in [1.807, 2.05) is 20.8 Å². The highest BCUT2D eigenvalue weighted by Gasteiger charge is 2.13. The number of aliphatic hydroxyl groups is 1. The van der Waals surface area contributed by atoms with Crippen LogP contribution in [0.5, 0.6) is 0 Å². The number of hydrogen-bond donors (Lipinski definition) is 2. The van der Waals surface area contributed by atoms with Crippen molar-refractivity contribution in [2.75, 3.05) is 19.8 Å². The topological polar surface area (TPSA) is 77.0 Å².